The molecule has 4 rings (SSSR count). The second-order valence-corrected chi connectivity index (χ2v) is 7.08. The number of carbonyl (C=O) groups is 1. The molecule has 0 saturated carbocycles. The average molecular weight is 332 g/mol. The number of nitrogens with zero attached hydrogens (tertiary/aromatic N) is 2. The van der Waals surface area contributed by atoms with Gasteiger partial charge >= 0.3 is 5.97 Å². The number of ether oxygens (including phenoxy) is 3. The first-order valence-electron chi connectivity index (χ1n) is 8.72. The van der Waals surface area contributed by atoms with Gasteiger partial charge in [-0.15, -0.1) is 0 Å². The molecule has 0 atom stereocenters. The maximum Gasteiger partial charge on any atom is 0.338 e. The molecule has 0 unspecified atom stereocenters. The van der Waals surface area contributed by atoms with Crippen molar-refractivity contribution in [1.29, 1.82) is 0 Å². The van der Waals surface area contributed by atoms with Gasteiger partial charge < -0.3 is 19.1 Å². The van der Waals surface area contributed by atoms with Crippen molar-refractivity contribution < 1.29 is 19.0 Å². The van der Waals surface area contributed by atoms with Crippen LogP contribution in [0.5, 0.6) is 0 Å². The first kappa shape index (κ1) is 15.8. The minimum atomic E-state index is -0.282. The summed E-state index contributed by atoms with van der Waals surface area (Å²) in [5.41, 5.74) is 2.89. The van der Waals surface area contributed by atoms with Gasteiger partial charge in [0.2, 0.25) is 0 Å². The summed E-state index contributed by atoms with van der Waals surface area (Å²) in [6, 6.07) is 1.91. The zero-order valence-corrected chi connectivity index (χ0v) is 14.2. The van der Waals surface area contributed by atoms with Crippen molar-refractivity contribution >= 4 is 11.8 Å². The third-order valence-electron chi connectivity index (χ3n) is 5.38. The summed E-state index contributed by atoms with van der Waals surface area (Å²) >= 11 is 0. The van der Waals surface area contributed by atoms with E-state index in [9.17, 15) is 4.79 Å². The molecule has 1 spiro atoms. The molecule has 3 aliphatic heterocycles. The van der Waals surface area contributed by atoms with E-state index in [-0.39, 0.29) is 11.4 Å². The number of methoxy groups -OCH3 is 1. The predicted molar refractivity (Wildman–Crippen MR) is 88.5 cm³/mol. The van der Waals surface area contributed by atoms with Crippen LogP contribution in [0.2, 0.25) is 0 Å². The van der Waals surface area contributed by atoms with Crippen molar-refractivity contribution in [3.8, 4) is 0 Å². The van der Waals surface area contributed by atoms with Crippen LogP contribution in [0.3, 0.4) is 0 Å². The number of piperidine rings is 1. The summed E-state index contributed by atoms with van der Waals surface area (Å²) in [6.07, 6.45) is 3.81. The summed E-state index contributed by atoms with van der Waals surface area (Å²) in [5.74, 6) is 0.609. The van der Waals surface area contributed by atoms with Gasteiger partial charge in [-0.25, -0.2) is 9.78 Å². The van der Waals surface area contributed by atoms with Gasteiger partial charge in [0.15, 0.2) is 0 Å². The quantitative estimate of drug-likeness (QED) is 0.767. The van der Waals surface area contributed by atoms with E-state index in [0.29, 0.717) is 25.2 Å². The number of hydrogen-bond acceptors (Lipinski definition) is 6. The molecule has 0 radical (unpaired) electrons. The molecular formula is C18H24N2O4. The molecule has 0 bridgehead atoms. The third-order valence-corrected chi connectivity index (χ3v) is 5.38. The first-order chi connectivity index (χ1) is 11.7. The maximum absolute atomic E-state index is 12.3. The Bertz CT molecular complexity index is 642. The minimum Gasteiger partial charge on any atom is -0.465 e. The normalized spacial score (nSPS) is 22.5. The van der Waals surface area contributed by atoms with Crippen molar-refractivity contribution in [3.05, 3.63) is 22.9 Å². The summed E-state index contributed by atoms with van der Waals surface area (Å²) in [6.45, 7) is 4.89. The van der Waals surface area contributed by atoms with Crippen LogP contribution in [0, 0.1) is 5.41 Å². The number of anilines is 1. The van der Waals surface area contributed by atoms with Crippen LogP contribution >= 0.6 is 0 Å². The van der Waals surface area contributed by atoms with Crippen molar-refractivity contribution in [2.45, 2.75) is 25.7 Å². The molecule has 0 aromatic carbocycles. The number of esters is 1. The van der Waals surface area contributed by atoms with E-state index in [1.54, 1.807) is 0 Å². The number of pyridine rings is 1. The zero-order chi connectivity index (χ0) is 16.6. The van der Waals surface area contributed by atoms with E-state index >= 15 is 0 Å². The van der Waals surface area contributed by atoms with E-state index in [1.165, 1.54) is 13.5 Å². The number of fused-ring (bicyclic) bond motifs is 1. The van der Waals surface area contributed by atoms with Gasteiger partial charge in [0, 0.05) is 30.6 Å². The van der Waals surface area contributed by atoms with Crippen LogP contribution in [0.15, 0.2) is 6.07 Å². The van der Waals surface area contributed by atoms with Crippen molar-refractivity contribution in [1.82, 2.24) is 4.98 Å². The first-order valence-corrected chi connectivity index (χ1v) is 8.72. The molecule has 1 aromatic heterocycles. The van der Waals surface area contributed by atoms with Gasteiger partial charge in [0.25, 0.3) is 0 Å². The van der Waals surface area contributed by atoms with E-state index < -0.39 is 0 Å². The summed E-state index contributed by atoms with van der Waals surface area (Å²) < 4.78 is 16.0. The molecular weight excluding hydrogens is 308 g/mol. The van der Waals surface area contributed by atoms with Gasteiger partial charge in [0.1, 0.15) is 5.82 Å². The fraction of sp³-hybridized carbons (Fsp3) is 0.667. The van der Waals surface area contributed by atoms with Crippen molar-refractivity contribution in [3.63, 3.8) is 0 Å². The Morgan fingerprint density at radius 2 is 2.12 bits per heavy atom. The van der Waals surface area contributed by atoms with Gasteiger partial charge in [0.05, 0.1) is 39.1 Å². The van der Waals surface area contributed by atoms with Gasteiger partial charge in [-0.2, -0.15) is 0 Å². The van der Waals surface area contributed by atoms with E-state index in [1.807, 2.05) is 6.07 Å². The molecule has 24 heavy (non-hydrogen) atoms. The highest BCUT2D eigenvalue weighted by molar-refractivity contribution is 5.92. The van der Waals surface area contributed by atoms with E-state index in [0.717, 1.165) is 56.2 Å². The average Bonchev–Trinajstić information content (AvgIpc) is 2.84. The van der Waals surface area contributed by atoms with E-state index in [2.05, 4.69) is 4.90 Å². The second-order valence-electron chi connectivity index (χ2n) is 7.08. The highest BCUT2D eigenvalue weighted by Crippen LogP contribution is 2.38. The topological polar surface area (TPSA) is 60.9 Å². The van der Waals surface area contributed by atoms with Crippen LogP contribution < -0.4 is 4.90 Å². The Balaban J connectivity index is 1.70. The van der Waals surface area contributed by atoms with Crippen molar-refractivity contribution in [2.24, 2.45) is 5.41 Å². The van der Waals surface area contributed by atoms with Crippen molar-refractivity contribution in [2.75, 3.05) is 51.5 Å². The fourth-order valence-electron chi connectivity index (χ4n) is 4.02. The molecule has 2 fully saturated rings. The number of rotatable bonds is 2. The second kappa shape index (κ2) is 6.33. The van der Waals surface area contributed by atoms with Gasteiger partial charge in [-0.3, -0.25) is 0 Å². The van der Waals surface area contributed by atoms with Gasteiger partial charge in [-0.05, 0) is 30.9 Å². The summed E-state index contributed by atoms with van der Waals surface area (Å²) in [4.78, 5) is 19.5. The lowest BCUT2D eigenvalue weighted by atomic mass is 9.78. The molecule has 6 nitrogen and oxygen atoms in total. The summed E-state index contributed by atoms with van der Waals surface area (Å²) in [5, 5.41) is 0. The fourth-order valence-corrected chi connectivity index (χ4v) is 4.02. The highest BCUT2D eigenvalue weighted by Gasteiger charge is 2.42. The Morgan fingerprint density at radius 1 is 1.29 bits per heavy atom. The van der Waals surface area contributed by atoms with Crippen LogP contribution in [-0.2, 0) is 27.1 Å². The van der Waals surface area contributed by atoms with Crippen LogP contribution in [0.4, 0.5) is 5.82 Å². The standard InChI is InChI=1S/C18H24N2O4/c1-22-17(21)14-9-16(19-15-4-8-23-7-3-13(14)15)20-6-2-5-18(10-20)11-24-12-18/h9H,2-8,10-12H2,1H3. The lowest BCUT2D eigenvalue weighted by Crippen LogP contribution is -2.54. The van der Waals surface area contributed by atoms with Crippen LogP contribution in [0.1, 0.15) is 34.5 Å². The van der Waals surface area contributed by atoms with Crippen LogP contribution in [-0.4, -0.2) is 57.6 Å². The predicted octanol–water partition coefficient (Wildman–Crippen LogP) is 1.60. The molecule has 6 heteroatoms. The largest absolute Gasteiger partial charge is 0.465 e. The molecule has 0 N–H and O–H groups in total. The van der Waals surface area contributed by atoms with Crippen LogP contribution in [0.25, 0.3) is 0 Å². The minimum absolute atomic E-state index is 0.279. The lowest BCUT2D eigenvalue weighted by molar-refractivity contribution is -0.117. The molecule has 1 aromatic rings. The monoisotopic (exact) mass is 332 g/mol. The number of aromatic nitrogens is 1. The maximum atomic E-state index is 12.3. The Hall–Kier alpha value is -1.66. The molecule has 0 aliphatic carbocycles. The SMILES string of the molecule is COC(=O)c1cc(N2CCCC3(COC3)C2)nc2c1CCOCC2. The van der Waals surface area contributed by atoms with Gasteiger partial charge in [-0.1, -0.05) is 0 Å². The molecule has 2 saturated heterocycles. The number of carbonyl (C=O) groups excluding carboxylic acids is 1. The van der Waals surface area contributed by atoms with E-state index in [4.69, 9.17) is 19.2 Å². The Kier molecular flexibility index (Phi) is 4.18. The smallest absolute Gasteiger partial charge is 0.338 e. The molecule has 0 amide bonds. The third kappa shape index (κ3) is 2.78. The summed E-state index contributed by atoms with van der Waals surface area (Å²) in [7, 11) is 1.43. The molecule has 130 valence electrons. The lowest BCUT2D eigenvalue weighted by Gasteiger charge is -2.48. The highest BCUT2D eigenvalue weighted by atomic mass is 16.5. The zero-order valence-electron chi connectivity index (χ0n) is 14.2. The molecule has 4 heterocycles. The number of hydrogen-bond donors (Lipinski definition) is 0. The molecule has 3 aliphatic rings. The Labute approximate surface area is 142 Å². The Morgan fingerprint density at radius 3 is 2.88 bits per heavy atom.